The molecule has 33 heavy (non-hydrogen) atoms. The Bertz CT molecular complexity index is 796. The number of ether oxygens (including phenoxy) is 1. The number of esters is 1. The van der Waals surface area contributed by atoms with Crippen molar-refractivity contribution in [2.45, 2.75) is 112 Å². The van der Waals surface area contributed by atoms with Crippen molar-refractivity contribution in [2.75, 3.05) is 0 Å². The number of carbonyl (C=O) groups is 2. The van der Waals surface area contributed by atoms with Gasteiger partial charge in [0.15, 0.2) is 5.78 Å². The van der Waals surface area contributed by atoms with E-state index < -0.39 is 0 Å². The van der Waals surface area contributed by atoms with Crippen molar-refractivity contribution < 1.29 is 14.3 Å². The lowest BCUT2D eigenvalue weighted by atomic mass is 9.45. The van der Waals surface area contributed by atoms with Gasteiger partial charge in [-0.15, -0.1) is 0 Å². The molecule has 0 bridgehead atoms. The number of hydrogen-bond acceptors (Lipinski definition) is 3. The highest BCUT2D eigenvalue weighted by Gasteiger charge is 2.64. The number of ketones is 1. The lowest BCUT2D eigenvalue weighted by molar-refractivity contribution is -0.181. The molecular weight excluding hydrogens is 408 g/mol. The van der Waals surface area contributed by atoms with Gasteiger partial charge < -0.3 is 4.74 Å². The first-order valence-corrected chi connectivity index (χ1v) is 13.9. The normalized spacial score (nSPS) is 42.1. The van der Waals surface area contributed by atoms with Crippen LogP contribution >= 0.6 is 0 Å². The number of hydrogen-bond donors (Lipinski definition) is 0. The maximum atomic E-state index is 12.3. The third-order valence-electron chi connectivity index (χ3n) is 11.3. The summed E-state index contributed by atoms with van der Waals surface area (Å²) < 4.78 is 6.22. The first kappa shape index (κ1) is 25.0. The minimum Gasteiger partial charge on any atom is -0.462 e. The third kappa shape index (κ3) is 4.25. The SMILES string of the molecule is CC(=O)O[C@H]1C[C@H]2[C@@H](CCC3=CC(=O)CC[C@@]32C)[C@@H]2CC[C@H]([C@H](C)CC[C@H](C)C(C)C)[C@@]12C. The van der Waals surface area contributed by atoms with Crippen LogP contribution in [0.5, 0.6) is 0 Å². The van der Waals surface area contributed by atoms with Gasteiger partial charge in [-0.25, -0.2) is 0 Å². The second-order valence-corrected chi connectivity index (χ2v) is 13.1. The van der Waals surface area contributed by atoms with Crippen LogP contribution in [0.1, 0.15) is 106 Å². The van der Waals surface area contributed by atoms with Gasteiger partial charge in [-0.3, -0.25) is 9.59 Å². The fourth-order valence-corrected chi connectivity index (χ4v) is 8.90. The van der Waals surface area contributed by atoms with E-state index in [1.807, 2.05) is 6.08 Å². The summed E-state index contributed by atoms with van der Waals surface area (Å²) in [4.78, 5) is 24.5. The second-order valence-electron chi connectivity index (χ2n) is 13.1. The van der Waals surface area contributed by atoms with E-state index in [9.17, 15) is 9.59 Å². The van der Waals surface area contributed by atoms with Crippen LogP contribution in [0.2, 0.25) is 0 Å². The third-order valence-corrected chi connectivity index (χ3v) is 11.3. The Kier molecular flexibility index (Phi) is 6.93. The molecule has 0 unspecified atom stereocenters. The highest BCUT2D eigenvalue weighted by Crippen LogP contribution is 2.68. The molecule has 3 saturated carbocycles. The second kappa shape index (κ2) is 9.15. The standard InChI is InChI=1S/C30H48O3/c1-18(2)19(3)8-9-20(4)25-12-13-26-24-11-10-22-16-23(32)14-15-29(22,6)27(24)17-28(30(25,26)7)33-21(5)31/h16,18-20,24-28H,8-15,17H2,1-7H3/t19-,20+,24-,25+,26-,27-,28-,29-,30+/m0/s1. The molecule has 0 spiro atoms. The van der Waals surface area contributed by atoms with Crippen LogP contribution in [0, 0.1) is 52.3 Å². The monoisotopic (exact) mass is 456 g/mol. The molecule has 0 aliphatic heterocycles. The Hall–Kier alpha value is -1.12. The van der Waals surface area contributed by atoms with E-state index in [1.165, 1.54) is 37.7 Å². The molecule has 0 heterocycles. The van der Waals surface area contributed by atoms with Gasteiger partial charge in [0.05, 0.1) is 0 Å². The van der Waals surface area contributed by atoms with E-state index >= 15 is 0 Å². The molecule has 0 N–H and O–H groups in total. The van der Waals surface area contributed by atoms with Crippen molar-refractivity contribution in [3.8, 4) is 0 Å². The van der Waals surface area contributed by atoms with Gasteiger partial charge in [0.1, 0.15) is 6.10 Å². The van der Waals surface area contributed by atoms with Gasteiger partial charge in [0, 0.05) is 18.8 Å². The van der Waals surface area contributed by atoms with Crippen LogP contribution in [0.3, 0.4) is 0 Å². The van der Waals surface area contributed by atoms with Crippen LogP contribution in [-0.2, 0) is 14.3 Å². The van der Waals surface area contributed by atoms with E-state index in [-0.39, 0.29) is 22.9 Å². The van der Waals surface area contributed by atoms with E-state index in [0.717, 1.165) is 31.1 Å². The predicted octanol–water partition coefficient (Wildman–Crippen LogP) is 7.38. The molecule has 9 atom stereocenters. The average molecular weight is 457 g/mol. The van der Waals surface area contributed by atoms with Crippen molar-refractivity contribution in [3.05, 3.63) is 11.6 Å². The van der Waals surface area contributed by atoms with Gasteiger partial charge in [-0.1, -0.05) is 60.0 Å². The summed E-state index contributed by atoms with van der Waals surface area (Å²) in [7, 11) is 0. The lowest BCUT2D eigenvalue weighted by Crippen LogP contribution is -2.57. The first-order chi connectivity index (χ1) is 15.5. The summed E-state index contributed by atoms with van der Waals surface area (Å²) in [6.07, 6.45) is 12.0. The zero-order valence-electron chi connectivity index (χ0n) is 22.3. The molecule has 186 valence electrons. The molecule has 4 aliphatic carbocycles. The van der Waals surface area contributed by atoms with Crippen LogP contribution in [0.25, 0.3) is 0 Å². The van der Waals surface area contributed by atoms with Crippen molar-refractivity contribution in [1.29, 1.82) is 0 Å². The van der Waals surface area contributed by atoms with Crippen molar-refractivity contribution >= 4 is 11.8 Å². The van der Waals surface area contributed by atoms with Gasteiger partial charge in [-0.05, 0) is 91.4 Å². The molecule has 0 saturated heterocycles. The van der Waals surface area contributed by atoms with Crippen LogP contribution in [-0.4, -0.2) is 17.9 Å². The van der Waals surface area contributed by atoms with E-state index in [1.54, 1.807) is 6.92 Å². The van der Waals surface area contributed by atoms with Crippen LogP contribution in [0.15, 0.2) is 11.6 Å². The maximum absolute atomic E-state index is 12.3. The van der Waals surface area contributed by atoms with Gasteiger partial charge in [0.2, 0.25) is 0 Å². The van der Waals surface area contributed by atoms with Crippen molar-refractivity contribution in [2.24, 2.45) is 52.3 Å². The Labute approximate surface area is 202 Å². The van der Waals surface area contributed by atoms with Gasteiger partial charge in [-0.2, -0.15) is 0 Å². The van der Waals surface area contributed by atoms with E-state index in [2.05, 4.69) is 41.5 Å². The zero-order valence-corrected chi connectivity index (χ0v) is 22.3. The number of rotatable bonds is 6. The molecule has 3 nitrogen and oxygen atoms in total. The Morgan fingerprint density at radius 1 is 1.06 bits per heavy atom. The minimum atomic E-state index is -0.124. The highest BCUT2D eigenvalue weighted by molar-refractivity contribution is 5.91. The molecule has 0 amide bonds. The fraction of sp³-hybridized carbons (Fsp3) is 0.867. The average Bonchev–Trinajstić information content (AvgIpc) is 3.11. The smallest absolute Gasteiger partial charge is 0.302 e. The predicted molar refractivity (Wildman–Crippen MR) is 134 cm³/mol. The zero-order chi connectivity index (χ0) is 24.1. The quantitative estimate of drug-likeness (QED) is 0.391. The largest absolute Gasteiger partial charge is 0.462 e. The first-order valence-electron chi connectivity index (χ1n) is 13.9. The molecular formula is C30H48O3. The van der Waals surface area contributed by atoms with Crippen molar-refractivity contribution in [3.63, 3.8) is 0 Å². The summed E-state index contributed by atoms with van der Waals surface area (Å²) in [5.74, 6) is 4.83. The topological polar surface area (TPSA) is 43.4 Å². The molecule has 0 radical (unpaired) electrons. The van der Waals surface area contributed by atoms with E-state index in [0.29, 0.717) is 41.8 Å². The van der Waals surface area contributed by atoms with E-state index in [4.69, 9.17) is 4.74 Å². The summed E-state index contributed by atoms with van der Waals surface area (Å²) in [6, 6.07) is 0. The molecule has 4 rings (SSSR count). The van der Waals surface area contributed by atoms with Crippen LogP contribution in [0.4, 0.5) is 0 Å². The Morgan fingerprint density at radius 3 is 2.45 bits per heavy atom. The van der Waals surface area contributed by atoms with Crippen molar-refractivity contribution in [1.82, 2.24) is 0 Å². The van der Waals surface area contributed by atoms with Crippen LogP contribution < -0.4 is 0 Å². The lowest BCUT2D eigenvalue weighted by Gasteiger charge is -2.60. The number of allylic oxidation sites excluding steroid dienone is 1. The summed E-state index contributed by atoms with van der Waals surface area (Å²) >= 11 is 0. The molecule has 3 fully saturated rings. The van der Waals surface area contributed by atoms with Gasteiger partial charge >= 0.3 is 5.97 Å². The highest BCUT2D eigenvalue weighted by atomic mass is 16.5. The number of fused-ring (bicyclic) bond motifs is 5. The van der Waals surface area contributed by atoms with Gasteiger partial charge in [0.25, 0.3) is 0 Å². The summed E-state index contributed by atoms with van der Waals surface area (Å²) in [5.41, 5.74) is 1.57. The molecule has 3 heteroatoms. The minimum absolute atomic E-state index is 0.00697. The maximum Gasteiger partial charge on any atom is 0.302 e. The summed E-state index contributed by atoms with van der Waals surface area (Å²) in [6.45, 7) is 16.0. The molecule has 0 aromatic carbocycles. The molecule has 0 aromatic heterocycles. The summed E-state index contributed by atoms with van der Waals surface area (Å²) in [5, 5.41) is 0. The Morgan fingerprint density at radius 2 is 1.79 bits per heavy atom. The molecule has 4 aliphatic rings. The Balaban J connectivity index is 1.62. The number of carbonyl (C=O) groups excluding carboxylic acids is 2. The fourth-order valence-electron chi connectivity index (χ4n) is 8.90. The molecule has 0 aromatic rings.